The molecular weight excluding hydrogens is 324 g/mol. The minimum Gasteiger partial charge on any atom is -0.355 e. The smallest absolute Gasteiger partial charge is 0.163 e. The molecule has 0 N–H and O–H groups in total. The molecule has 3 nitrogen and oxygen atoms in total. The van der Waals surface area contributed by atoms with Gasteiger partial charge in [0.15, 0.2) is 5.78 Å². The summed E-state index contributed by atoms with van der Waals surface area (Å²) in [6, 6.07) is 9.45. The lowest BCUT2D eigenvalue weighted by atomic mass is 10.1. The third kappa shape index (κ3) is 5.94. The minimum absolute atomic E-state index is 0. The molecule has 0 amide bonds. The number of rotatable bonds is 4. The summed E-state index contributed by atoms with van der Waals surface area (Å²) in [6.45, 7) is 4.11. The number of carbonyl (C=O) groups is 1. The third-order valence-corrected chi connectivity index (χ3v) is 4.94. The molecule has 116 valence electrons. The number of piperazine rings is 1. The monoisotopic (exact) mass is 344 g/mol. The zero-order chi connectivity index (χ0) is 14.4. The van der Waals surface area contributed by atoms with Gasteiger partial charge >= 0.3 is 0 Å². The molecule has 1 heterocycles. The number of likely N-dealkylation sites (N-methyl/N-ethyl adjacent to an activating group) is 1. The van der Waals surface area contributed by atoms with E-state index in [2.05, 4.69) is 16.8 Å². The average molecular weight is 345 g/mol. The van der Waals surface area contributed by atoms with Gasteiger partial charge in [-0.15, -0.1) is 12.4 Å². The quantitative estimate of drug-likeness (QED) is 0.617. The van der Waals surface area contributed by atoms with E-state index in [0.29, 0.717) is 6.42 Å². The first-order valence-corrected chi connectivity index (χ1v) is 8.24. The van der Waals surface area contributed by atoms with Crippen molar-refractivity contribution >= 4 is 46.5 Å². The predicted octanol–water partition coefficient (Wildman–Crippen LogP) is 2.95. The normalized spacial score (nSPS) is 15.4. The number of Topliss-reactive ketones (excluding diaryl/α,β-unsaturated/α-hetero) is 1. The van der Waals surface area contributed by atoms with Gasteiger partial charge in [-0.05, 0) is 7.05 Å². The zero-order valence-corrected chi connectivity index (χ0v) is 14.6. The summed E-state index contributed by atoms with van der Waals surface area (Å²) in [6.07, 6.45) is 0.544. The zero-order valence-electron chi connectivity index (χ0n) is 12.2. The van der Waals surface area contributed by atoms with Gasteiger partial charge in [0.2, 0.25) is 0 Å². The topological polar surface area (TPSA) is 23.6 Å². The number of benzene rings is 1. The van der Waals surface area contributed by atoms with Crippen molar-refractivity contribution in [2.45, 2.75) is 6.42 Å². The molecular formula is C15H21ClN2OS2. The fraction of sp³-hybridized carbons (Fsp3) is 0.467. The summed E-state index contributed by atoms with van der Waals surface area (Å²) < 4.78 is 0.930. The molecule has 0 spiro atoms. The van der Waals surface area contributed by atoms with Crippen molar-refractivity contribution in [1.29, 1.82) is 0 Å². The summed E-state index contributed by atoms with van der Waals surface area (Å²) in [5.74, 6) is 0.957. The van der Waals surface area contributed by atoms with Crippen molar-refractivity contribution in [1.82, 2.24) is 9.80 Å². The Labute approximate surface area is 142 Å². The Balaban J connectivity index is 0.00000220. The molecule has 0 atom stereocenters. The molecule has 0 saturated carbocycles. The third-order valence-electron chi connectivity index (χ3n) is 3.41. The molecule has 1 aliphatic heterocycles. The van der Waals surface area contributed by atoms with Gasteiger partial charge in [0.1, 0.15) is 4.32 Å². The van der Waals surface area contributed by atoms with E-state index in [9.17, 15) is 4.79 Å². The van der Waals surface area contributed by atoms with Crippen LogP contribution >= 0.6 is 36.4 Å². The number of halogens is 1. The van der Waals surface area contributed by atoms with Crippen LogP contribution in [0, 0.1) is 0 Å². The highest BCUT2D eigenvalue weighted by Crippen LogP contribution is 2.14. The number of nitrogens with zero attached hydrogens (tertiary/aromatic N) is 2. The first kappa shape index (κ1) is 18.4. The van der Waals surface area contributed by atoms with Crippen LogP contribution in [-0.4, -0.2) is 58.9 Å². The number of thioether (sulfide) groups is 1. The van der Waals surface area contributed by atoms with Crippen LogP contribution in [0.2, 0.25) is 0 Å². The summed E-state index contributed by atoms with van der Waals surface area (Å²) in [4.78, 5) is 16.5. The second-order valence-electron chi connectivity index (χ2n) is 4.94. The van der Waals surface area contributed by atoms with Gasteiger partial charge in [0, 0.05) is 43.9 Å². The molecule has 1 aromatic rings. The molecule has 1 saturated heterocycles. The van der Waals surface area contributed by atoms with Gasteiger partial charge in [-0.2, -0.15) is 0 Å². The van der Waals surface area contributed by atoms with Crippen LogP contribution in [0.25, 0.3) is 0 Å². The Bertz CT molecular complexity index is 462. The van der Waals surface area contributed by atoms with Crippen LogP contribution in [-0.2, 0) is 0 Å². The molecule has 6 heteroatoms. The van der Waals surface area contributed by atoms with Crippen LogP contribution in [0.4, 0.5) is 0 Å². The maximum atomic E-state index is 12.0. The lowest BCUT2D eigenvalue weighted by Gasteiger charge is -2.33. The number of hydrogen-bond acceptors (Lipinski definition) is 4. The van der Waals surface area contributed by atoms with E-state index < -0.39 is 0 Å². The number of thiocarbonyl (C=S) groups is 1. The van der Waals surface area contributed by atoms with Crippen molar-refractivity contribution in [3.05, 3.63) is 35.9 Å². The maximum absolute atomic E-state index is 12.0. The van der Waals surface area contributed by atoms with Crippen LogP contribution in [0.1, 0.15) is 16.8 Å². The van der Waals surface area contributed by atoms with Crippen LogP contribution in [0.15, 0.2) is 30.3 Å². The van der Waals surface area contributed by atoms with Gasteiger partial charge in [-0.25, -0.2) is 0 Å². The Morgan fingerprint density at radius 2 is 1.81 bits per heavy atom. The largest absolute Gasteiger partial charge is 0.355 e. The molecule has 0 aromatic heterocycles. The van der Waals surface area contributed by atoms with Gasteiger partial charge < -0.3 is 9.80 Å². The Morgan fingerprint density at radius 1 is 1.19 bits per heavy atom. The highest BCUT2D eigenvalue weighted by atomic mass is 35.5. The van der Waals surface area contributed by atoms with E-state index >= 15 is 0 Å². The van der Waals surface area contributed by atoms with E-state index in [1.807, 2.05) is 30.3 Å². The van der Waals surface area contributed by atoms with Crippen LogP contribution in [0.5, 0.6) is 0 Å². The molecule has 0 unspecified atom stereocenters. The first-order valence-electron chi connectivity index (χ1n) is 6.85. The standard InChI is InChI=1S/C15H20N2OS2.ClH/c1-16-8-10-17(11-9-16)15(19)20-12-7-14(18)13-5-3-2-4-6-13;/h2-6H,7-12H2,1H3;1H. The minimum atomic E-state index is 0. The lowest BCUT2D eigenvalue weighted by Crippen LogP contribution is -2.45. The van der Waals surface area contributed by atoms with Crippen molar-refractivity contribution in [3.63, 3.8) is 0 Å². The molecule has 1 aromatic carbocycles. The van der Waals surface area contributed by atoms with Crippen molar-refractivity contribution in [2.75, 3.05) is 39.0 Å². The fourth-order valence-corrected chi connectivity index (χ4v) is 3.34. The second kappa shape index (κ2) is 9.41. The van der Waals surface area contributed by atoms with Crippen molar-refractivity contribution in [2.24, 2.45) is 0 Å². The van der Waals surface area contributed by atoms with E-state index in [1.165, 1.54) is 0 Å². The first-order chi connectivity index (χ1) is 9.66. The van der Waals surface area contributed by atoms with Crippen LogP contribution < -0.4 is 0 Å². The van der Waals surface area contributed by atoms with E-state index in [1.54, 1.807) is 11.8 Å². The Kier molecular flexibility index (Phi) is 8.26. The molecule has 0 bridgehead atoms. The molecule has 1 fully saturated rings. The van der Waals surface area contributed by atoms with Gasteiger partial charge in [0.25, 0.3) is 0 Å². The highest BCUT2D eigenvalue weighted by Gasteiger charge is 2.16. The Hall–Kier alpha value is -0.620. The molecule has 0 radical (unpaired) electrons. The Morgan fingerprint density at radius 3 is 2.43 bits per heavy atom. The van der Waals surface area contributed by atoms with Gasteiger partial charge in [-0.3, -0.25) is 4.79 Å². The van der Waals surface area contributed by atoms with Crippen LogP contribution in [0.3, 0.4) is 0 Å². The van der Waals surface area contributed by atoms with E-state index in [0.717, 1.165) is 41.8 Å². The second-order valence-corrected chi connectivity index (χ2v) is 6.67. The molecule has 1 aliphatic rings. The summed E-state index contributed by atoms with van der Waals surface area (Å²) in [7, 11) is 2.13. The van der Waals surface area contributed by atoms with Gasteiger partial charge in [-0.1, -0.05) is 54.3 Å². The molecule has 0 aliphatic carbocycles. The predicted molar refractivity (Wildman–Crippen MR) is 96.8 cm³/mol. The molecule has 21 heavy (non-hydrogen) atoms. The van der Waals surface area contributed by atoms with Gasteiger partial charge in [0.05, 0.1) is 0 Å². The van der Waals surface area contributed by atoms with Crippen molar-refractivity contribution < 1.29 is 4.79 Å². The SMILES string of the molecule is CN1CCN(C(=S)SCCC(=O)c2ccccc2)CC1.Cl. The molecule has 2 rings (SSSR count). The number of ketones is 1. The summed E-state index contributed by atoms with van der Waals surface area (Å²) >= 11 is 7.07. The van der Waals surface area contributed by atoms with E-state index in [-0.39, 0.29) is 18.2 Å². The fourth-order valence-electron chi connectivity index (χ4n) is 2.08. The summed E-state index contributed by atoms with van der Waals surface area (Å²) in [5, 5.41) is 0. The van der Waals surface area contributed by atoms with Crippen molar-refractivity contribution in [3.8, 4) is 0 Å². The summed E-state index contributed by atoms with van der Waals surface area (Å²) in [5.41, 5.74) is 0.790. The van der Waals surface area contributed by atoms with E-state index in [4.69, 9.17) is 12.2 Å². The highest BCUT2D eigenvalue weighted by molar-refractivity contribution is 8.22. The number of hydrogen-bond donors (Lipinski definition) is 0. The lowest BCUT2D eigenvalue weighted by molar-refractivity contribution is 0.0989. The number of carbonyl (C=O) groups excluding carboxylic acids is 1. The average Bonchev–Trinajstić information content (AvgIpc) is 2.48. The maximum Gasteiger partial charge on any atom is 0.163 e.